The lowest BCUT2D eigenvalue weighted by Crippen LogP contribution is -2.46. The van der Waals surface area contributed by atoms with Crippen LogP contribution in [0.1, 0.15) is 16.8 Å². The van der Waals surface area contributed by atoms with Crippen LogP contribution in [0.5, 0.6) is 0 Å². The van der Waals surface area contributed by atoms with Gasteiger partial charge in [-0.3, -0.25) is 14.7 Å². The molecule has 1 aliphatic heterocycles. The number of rotatable bonds is 4. The van der Waals surface area contributed by atoms with Crippen molar-refractivity contribution in [2.75, 3.05) is 13.1 Å². The van der Waals surface area contributed by atoms with Gasteiger partial charge in [-0.05, 0) is 12.1 Å². The van der Waals surface area contributed by atoms with Crippen molar-refractivity contribution in [2.24, 2.45) is 0 Å². The van der Waals surface area contributed by atoms with Gasteiger partial charge in [0.2, 0.25) is 0 Å². The molecule has 2 N–H and O–H groups in total. The number of halogens is 2. The zero-order valence-corrected chi connectivity index (χ0v) is 13.2. The Kier molecular flexibility index (Phi) is 4.61. The summed E-state index contributed by atoms with van der Waals surface area (Å²) >= 11 is 0. The molecule has 0 unspecified atom stereocenters. The van der Waals surface area contributed by atoms with Crippen molar-refractivity contribution in [2.45, 2.75) is 24.6 Å². The van der Waals surface area contributed by atoms with E-state index >= 15 is 0 Å². The van der Waals surface area contributed by atoms with Crippen LogP contribution >= 0.6 is 0 Å². The third-order valence-electron chi connectivity index (χ3n) is 4.18. The van der Waals surface area contributed by atoms with Gasteiger partial charge in [0.1, 0.15) is 12.3 Å². The fourth-order valence-corrected chi connectivity index (χ4v) is 2.97. The van der Waals surface area contributed by atoms with Crippen molar-refractivity contribution in [3.63, 3.8) is 0 Å². The van der Waals surface area contributed by atoms with Crippen molar-refractivity contribution < 1.29 is 18.7 Å². The SMILES string of the molecule is N#C[C@@H]1CC(F)(F)CN1[C@@H](O)CNC(=O)c1ccnc2ccccc12. The Morgan fingerprint density at radius 3 is 3.00 bits per heavy atom. The molecule has 1 amide bonds. The molecular formula is C17H16F2N4O2. The molecule has 0 aliphatic carbocycles. The number of carbonyl (C=O) groups excluding carboxylic acids is 1. The average molecular weight is 346 g/mol. The van der Waals surface area contributed by atoms with Crippen molar-refractivity contribution >= 4 is 16.8 Å². The number of benzene rings is 1. The first-order valence-electron chi connectivity index (χ1n) is 7.74. The highest BCUT2D eigenvalue weighted by atomic mass is 19.3. The van der Waals surface area contributed by atoms with Crippen LogP contribution in [0.3, 0.4) is 0 Å². The van der Waals surface area contributed by atoms with Crippen LogP contribution in [0, 0.1) is 11.3 Å². The van der Waals surface area contributed by atoms with Crippen LogP contribution in [-0.4, -0.2) is 52.2 Å². The number of fused-ring (bicyclic) bond motifs is 1. The lowest BCUT2D eigenvalue weighted by Gasteiger charge is -2.25. The van der Waals surface area contributed by atoms with Gasteiger partial charge in [0.15, 0.2) is 0 Å². The first-order chi connectivity index (χ1) is 11.9. The van der Waals surface area contributed by atoms with Gasteiger partial charge in [-0.25, -0.2) is 8.78 Å². The van der Waals surface area contributed by atoms with E-state index in [4.69, 9.17) is 5.26 Å². The first kappa shape index (κ1) is 17.2. The third-order valence-corrected chi connectivity index (χ3v) is 4.18. The second kappa shape index (κ2) is 6.70. The Morgan fingerprint density at radius 1 is 1.48 bits per heavy atom. The van der Waals surface area contributed by atoms with E-state index in [2.05, 4.69) is 10.3 Å². The maximum atomic E-state index is 13.4. The predicted molar refractivity (Wildman–Crippen MR) is 85.8 cm³/mol. The Bertz CT molecular complexity index is 832. The topological polar surface area (TPSA) is 89.3 Å². The number of aliphatic hydroxyl groups excluding tert-OH is 1. The van der Waals surface area contributed by atoms with Crippen LogP contribution in [0.25, 0.3) is 10.9 Å². The predicted octanol–water partition coefficient (Wildman–Crippen LogP) is 1.52. The highest BCUT2D eigenvalue weighted by molar-refractivity contribution is 6.05. The summed E-state index contributed by atoms with van der Waals surface area (Å²) in [4.78, 5) is 17.5. The Labute approximate surface area is 142 Å². The minimum absolute atomic E-state index is 0.260. The Hall–Kier alpha value is -2.63. The molecule has 0 bridgehead atoms. The summed E-state index contributed by atoms with van der Waals surface area (Å²) in [5.41, 5.74) is 1.03. The number of nitriles is 1. The molecule has 1 saturated heterocycles. The lowest BCUT2D eigenvalue weighted by atomic mass is 10.1. The summed E-state index contributed by atoms with van der Waals surface area (Å²) in [6.07, 6.45) is -0.487. The molecule has 130 valence electrons. The zero-order valence-electron chi connectivity index (χ0n) is 13.2. The van der Waals surface area contributed by atoms with Gasteiger partial charge in [0.25, 0.3) is 11.8 Å². The monoisotopic (exact) mass is 346 g/mol. The standard InChI is InChI=1S/C17H16F2N4O2/c18-17(19)7-11(8-20)23(10-17)15(24)9-22-16(25)13-5-6-21-14-4-2-1-3-12(13)14/h1-6,11,15,24H,7,9-10H2,(H,22,25)/t11-,15-/m0/s1. The number of nitrogens with one attached hydrogen (secondary N) is 1. The van der Waals surface area contributed by atoms with Crippen molar-refractivity contribution in [1.82, 2.24) is 15.2 Å². The maximum absolute atomic E-state index is 13.4. The zero-order chi connectivity index (χ0) is 18.0. The van der Waals surface area contributed by atoms with Gasteiger partial charge < -0.3 is 10.4 Å². The van der Waals surface area contributed by atoms with E-state index < -0.39 is 37.1 Å². The summed E-state index contributed by atoms with van der Waals surface area (Å²) in [5, 5.41) is 22.2. The molecule has 6 nitrogen and oxygen atoms in total. The van der Waals surface area contributed by atoms with Crippen molar-refractivity contribution in [3.8, 4) is 6.07 Å². The number of carbonyl (C=O) groups is 1. The average Bonchev–Trinajstić information content (AvgIpc) is 2.93. The summed E-state index contributed by atoms with van der Waals surface area (Å²) in [6, 6.07) is 9.33. The summed E-state index contributed by atoms with van der Waals surface area (Å²) in [5.74, 6) is -3.47. The number of hydrogen-bond donors (Lipinski definition) is 2. The van der Waals surface area contributed by atoms with E-state index in [9.17, 15) is 18.7 Å². The van der Waals surface area contributed by atoms with Crippen LogP contribution in [0.15, 0.2) is 36.5 Å². The second-order valence-corrected chi connectivity index (χ2v) is 5.94. The summed E-state index contributed by atoms with van der Waals surface area (Å²) in [7, 11) is 0. The fraction of sp³-hybridized carbons (Fsp3) is 0.353. The molecule has 2 heterocycles. The molecule has 2 aromatic rings. The quantitative estimate of drug-likeness (QED) is 0.876. The lowest BCUT2D eigenvalue weighted by molar-refractivity contribution is -0.0305. The summed E-state index contributed by atoms with van der Waals surface area (Å²) in [6.45, 7) is -0.968. The molecule has 0 saturated carbocycles. The normalized spacial score (nSPS) is 21.0. The molecule has 3 rings (SSSR count). The molecule has 8 heteroatoms. The van der Waals surface area contributed by atoms with Crippen molar-refractivity contribution in [3.05, 3.63) is 42.1 Å². The van der Waals surface area contributed by atoms with Gasteiger partial charge in [0.05, 0.1) is 30.2 Å². The van der Waals surface area contributed by atoms with E-state index in [1.54, 1.807) is 36.4 Å². The number of hydrogen-bond acceptors (Lipinski definition) is 5. The van der Waals surface area contributed by atoms with Gasteiger partial charge in [0, 0.05) is 18.0 Å². The van der Waals surface area contributed by atoms with Crippen LogP contribution in [0.4, 0.5) is 8.78 Å². The van der Waals surface area contributed by atoms with Crippen LogP contribution in [0.2, 0.25) is 0 Å². The highest BCUT2D eigenvalue weighted by Gasteiger charge is 2.47. The molecule has 1 aromatic heterocycles. The van der Waals surface area contributed by atoms with Gasteiger partial charge in [-0.15, -0.1) is 0 Å². The highest BCUT2D eigenvalue weighted by Crippen LogP contribution is 2.32. The molecule has 1 aliphatic rings. The molecule has 0 spiro atoms. The van der Waals surface area contributed by atoms with Gasteiger partial charge in [-0.1, -0.05) is 18.2 Å². The molecule has 0 radical (unpaired) electrons. The first-order valence-corrected chi connectivity index (χ1v) is 7.74. The molecule has 1 fully saturated rings. The Balaban J connectivity index is 1.69. The van der Waals surface area contributed by atoms with Crippen LogP contribution < -0.4 is 5.32 Å². The smallest absolute Gasteiger partial charge is 0.263 e. The van der Waals surface area contributed by atoms with E-state index in [-0.39, 0.29) is 6.54 Å². The number of alkyl halides is 2. The number of likely N-dealkylation sites (tertiary alicyclic amines) is 1. The number of para-hydroxylation sites is 1. The second-order valence-electron chi connectivity index (χ2n) is 5.94. The molecule has 2 atom stereocenters. The van der Waals surface area contributed by atoms with Gasteiger partial charge in [-0.2, -0.15) is 5.26 Å². The largest absolute Gasteiger partial charge is 0.376 e. The molecule has 25 heavy (non-hydrogen) atoms. The third kappa shape index (κ3) is 3.57. The minimum atomic E-state index is -3.02. The maximum Gasteiger partial charge on any atom is 0.263 e. The van der Waals surface area contributed by atoms with E-state index in [0.29, 0.717) is 16.5 Å². The van der Waals surface area contributed by atoms with E-state index in [0.717, 1.165) is 4.90 Å². The Morgan fingerprint density at radius 2 is 2.24 bits per heavy atom. The number of nitrogens with zero attached hydrogens (tertiary/aromatic N) is 3. The van der Waals surface area contributed by atoms with Crippen LogP contribution in [-0.2, 0) is 0 Å². The summed E-state index contributed by atoms with van der Waals surface area (Å²) < 4.78 is 26.9. The number of aliphatic hydroxyl groups is 1. The van der Waals surface area contributed by atoms with E-state index in [1.807, 2.05) is 0 Å². The number of aromatic nitrogens is 1. The molecular weight excluding hydrogens is 330 g/mol. The van der Waals surface area contributed by atoms with Gasteiger partial charge >= 0.3 is 0 Å². The number of pyridine rings is 1. The number of amides is 1. The fourth-order valence-electron chi connectivity index (χ4n) is 2.97. The molecule has 1 aromatic carbocycles. The minimum Gasteiger partial charge on any atom is -0.376 e. The van der Waals surface area contributed by atoms with E-state index in [1.165, 1.54) is 6.20 Å². The van der Waals surface area contributed by atoms with Crippen molar-refractivity contribution in [1.29, 1.82) is 5.26 Å².